The Morgan fingerprint density at radius 1 is 0.974 bits per heavy atom. The van der Waals surface area contributed by atoms with Gasteiger partial charge in [0.05, 0.1) is 31.6 Å². The number of aromatic hydroxyl groups is 1. The van der Waals surface area contributed by atoms with Gasteiger partial charge >= 0.3 is 0 Å². The van der Waals surface area contributed by atoms with Crippen molar-refractivity contribution in [3.05, 3.63) is 103 Å². The van der Waals surface area contributed by atoms with Gasteiger partial charge < -0.3 is 19.5 Å². The molecule has 200 valence electrons. The molecule has 1 N–H and O–H groups in total. The maximum absolute atomic E-state index is 14.3. The highest BCUT2D eigenvalue weighted by molar-refractivity contribution is 9.10. The number of benzene rings is 3. The molecule has 1 atom stereocenters. The monoisotopic (exact) mass is 607 g/mol. The van der Waals surface area contributed by atoms with Crippen LogP contribution < -0.4 is 15.0 Å². The van der Waals surface area contributed by atoms with Gasteiger partial charge in [-0.25, -0.2) is 0 Å². The molecule has 0 bridgehead atoms. The fourth-order valence-corrected chi connectivity index (χ4v) is 5.72. The molecule has 0 unspecified atom stereocenters. The van der Waals surface area contributed by atoms with Crippen LogP contribution in [0.2, 0.25) is 0 Å². The van der Waals surface area contributed by atoms with Gasteiger partial charge in [0.25, 0.3) is 5.56 Å². The van der Waals surface area contributed by atoms with Crippen molar-refractivity contribution in [3.63, 3.8) is 0 Å². The number of carbonyl (C=O) groups excluding carboxylic acids is 1. The first-order valence-electron chi connectivity index (χ1n) is 12.2. The average molecular weight is 609 g/mol. The molecule has 0 fully saturated rings. The molecule has 2 heterocycles. The second kappa shape index (κ2) is 10.7. The Bertz CT molecular complexity index is 1680. The first-order chi connectivity index (χ1) is 18.8. The molecule has 3 aromatic carbocycles. The molecule has 10 heteroatoms. The standard InChI is InChI=1S/C29H26BrN3O5S/c1-17(34)31-14-13-18-15-23(37-2)24(38-3)16-22(18)26(31)25-27(35)32(20-7-5-4-6-8-20)29(39)33(28(25)36)21-11-9-19(30)10-12-21/h4-12,15-16,26,36H,13-14H2,1-3H3/t26-/m1/s1. The van der Waals surface area contributed by atoms with E-state index in [0.717, 1.165) is 10.0 Å². The fraction of sp³-hybridized carbons (Fsp3) is 0.207. The number of hydrogen-bond donors (Lipinski definition) is 1. The first kappa shape index (κ1) is 26.7. The lowest BCUT2D eigenvalue weighted by atomic mass is 9.88. The summed E-state index contributed by atoms with van der Waals surface area (Å²) >= 11 is 9.24. The molecular weight excluding hydrogens is 582 g/mol. The SMILES string of the molecule is COc1cc2c(cc1OC)[C@H](c1c(O)n(-c3ccc(Br)cc3)c(=S)n(-c3ccccc3)c1=O)N(C(C)=O)CC2. The zero-order chi connectivity index (χ0) is 27.8. The number of amides is 1. The Morgan fingerprint density at radius 2 is 1.59 bits per heavy atom. The number of aromatic nitrogens is 2. The number of nitrogens with zero attached hydrogens (tertiary/aromatic N) is 3. The molecule has 1 amide bonds. The number of hydrogen-bond acceptors (Lipinski definition) is 6. The van der Waals surface area contributed by atoms with Crippen LogP contribution in [0.25, 0.3) is 11.4 Å². The van der Waals surface area contributed by atoms with Gasteiger partial charge in [-0.05, 0) is 78.3 Å². The maximum atomic E-state index is 14.3. The minimum Gasteiger partial charge on any atom is -0.494 e. The molecule has 39 heavy (non-hydrogen) atoms. The Balaban J connectivity index is 1.90. The number of para-hydroxylation sites is 1. The molecule has 0 aliphatic carbocycles. The van der Waals surface area contributed by atoms with E-state index in [9.17, 15) is 14.7 Å². The van der Waals surface area contributed by atoms with Crippen LogP contribution in [0.1, 0.15) is 29.7 Å². The van der Waals surface area contributed by atoms with Gasteiger partial charge in [0.15, 0.2) is 16.3 Å². The summed E-state index contributed by atoms with van der Waals surface area (Å²) < 4.78 is 14.8. The highest BCUT2D eigenvalue weighted by Gasteiger charge is 2.37. The minimum atomic E-state index is -0.897. The summed E-state index contributed by atoms with van der Waals surface area (Å²) in [7, 11) is 3.08. The lowest BCUT2D eigenvalue weighted by molar-refractivity contribution is -0.130. The van der Waals surface area contributed by atoms with Gasteiger partial charge in [-0.2, -0.15) is 0 Å². The molecule has 0 radical (unpaired) electrons. The summed E-state index contributed by atoms with van der Waals surface area (Å²) in [5.74, 6) is 0.430. The van der Waals surface area contributed by atoms with E-state index in [1.54, 1.807) is 42.3 Å². The molecule has 1 aliphatic heterocycles. The van der Waals surface area contributed by atoms with Gasteiger partial charge in [0.2, 0.25) is 11.8 Å². The molecule has 0 spiro atoms. The predicted octanol–water partition coefficient (Wildman–Crippen LogP) is 5.34. The van der Waals surface area contributed by atoms with Gasteiger partial charge in [0.1, 0.15) is 5.56 Å². The van der Waals surface area contributed by atoms with Crippen molar-refractivity contribution < 1.29 is 19.4 Å². The Kier molecular flexibility index (Phi) is 7.33. The summed E-state index contributed by atoms with van der Waals surface area (Å²) in [6.07, 6.45) is 0.547. The van der Waals surface area contributed by atoms with Crippen LogP contribution in [0.15, 0.2) is 76.0 Å². The number of ether oxygens (including phenoxy) is 2. The van der Waals surface area contributed by atoms with Crippen molar-refractivity contribution in [2.45, 2.75) is 19.4 Å². The van der Waals surface area contributed by atoms with E-state index in [4.69, 9.17) is 21.7 Å². The molecular formula is C29H26BrN3O5S. The normalized spacial score (nSPS) is 14.6. The van der Waals surface area contributed by atoms with Gasteiger partial charge in [0, 0.05) is 17.9 Å². The number of fused-ring (bicyclic) bond motifs is 1. The summed E-state index contributed by atoms with van der Waals surface area (Å²) in [6.45, 7) is 1.80. The lowest BCUT2D eigenvalue weighted by Crippen LogP contribution is -2.43. The number of halogens is 1. The van der Waals surface area contributed by atoms with Crippen LogP contribution in [0, 0.1) is 4.77 Å². The summed E-state index contributed by atoms with van der Waals surface area (Å²) in [5, 5.41) is 11.8. The Labute approximate surface area is 238 Å². The van der Waals surface area contributed by atoms with Crippen molar-refractivity contribution in [2.75, 3.05) is 20.8 Å². The van der Waals surface area contributed by atoms with Gasteiger partial charge in [-0.1, -0.05) is 34.1 Å². The predicted molar refractivity (Wildman–Crippen MR) is 154 cm³/mol. The lowest BCUT2D eigenvalue weighted by Gasteiger charge is -2.37. The van der Waals surface area contributed by atoms with E-state index in [1.165, 1.54) is 23.2 Å². The zero-order valence-corrected chi connectivity index (χ0v) is 24.0. The van der Waals surface area contributed by atoms with Crippen molar-refractivity contribution in [1.82, 2.24) is 14.0 Å². The van der Waals surface area contributed by atoms with Crippen LogP contribution in [0.3, 0.4) is 0 Å². The largest absolute Gasteiger partial charge is 0.494 e. The van der Waals surface area contributed by atoms with E-state index in [0.29, 0.717) is 41.4 Å². The van der Waals surface area contributed by atoms with Gasteiger partial charge in [-0.15, -0.1) is 0 Å². The third-order valence-corrected chi connectivity index (χ3v) is 7.81. The van der Waals surface area contributed by atoms with Crippen molar-refractivity contribution in [1.29, 1.82) is 0 Å². The van der Waals surface area contributed by atoms with E-state index < -0.39 is 11.6 Å². The molecule has 0 saturated carbocycles. The van der Waals surface area contributed by atoms with Gasteiger partial charge in [-0.3, -0.25) is 18.7 Å². The fourth-order valence-electron chi connectivity index (χ4n) is 5.08. The van der Waals surface area contributed by atoms with Crippen LogP contribution in [-0.2, 0) is 11.2 Å². The molecule has 0 saturated heterocycles. The average Bonchev–Trinajstić information content (AvgIpc) is 2.93. The van der Waals surface area contributed by atoms with Crippen LogP contribution in [0.5, 0.6) is 17.4 Å². The number of carbonyl (C=O) groups is 1. The zero-order valence-electron chi connectivity index (χ0n) is 21.6. The minimum absolute atomic E-state index is 0.0266. The third-order valence-electron chi connectivity index (χ3n) is 6.92. The highest BCUT2D eigenvalue weighted by Crippen LogP contribution is 2.42. The van der Waals surface area contributed by atoms with E-state index >= 15 is 0 Å². The van der Waals surface area contributed by atoms with Crippen molar-refractivity contribution >= 4 is 34.1 Å². The van der Waals surface area contributed by atoms with Crippen LogP contribution in [-0.4, -0.2) is 45.8 Å². The summed E-state index contributed by atoms with van der Waals surface area (Å²) in [6, 6.07) is 19.0. The van der Waals surface area contributed by atoms with Crippen molar-refractivity contribution in [3.8, 4) is 28.8 Å². The van der Waals surface area contributed by atoms with E-state index in [1.807, 2.05) is 36.4 Å². The third kappa shape index (κ3) is 4.63. The van der Waals surface area contributed by atoms with Crippen molar-refractivity contribution in [2.24, 2.45) is 0 Å². The second-order valence-electron chi connectivity index (χ2n) is 9.08. The van der Waals surface area contributed by atoms with Crippen LogP contribution in [0.4, 0.5) is 0 Å². The van der Waals surface area contributed by atoms with Crippen LogP contribution >= 0.6 is 28.1 Å². The van der Waals surface area contributed by atoms with E-state index in [-0.39, 0.29) is 22.1 Å². The number of rotatable bonds is 5. The smallest absolute Gasteiger partial charge is 0.268 e. The highest BCUT2D eigenvalue weighted by atomic mass is 79.9. The quantitative estimate of drug-likeness (QED) is 0.308. The Hall–Kier alpha value is -3.89. The Morgan fingerprint density at radius 3 is 2.21 bits per heavy atom. The molecule has 1 aliphatic rings. The molecule has 1 aromatic heterocycles. The maximum Gasteiger partial charge on any atom is 0.268 e. The number of methoxy groups -OCH3 is 2. The molecule has 4 aromatic rings. The molecule has 5 rings (SSSR count). The summed E-state index contributed by atoms with van der Waals surface area (Å²) in [4.78, 5) is 28.9. The summed E-state index contributed by atoms with van der Waals surface area (Å²) in [5.41, 5.74) is 2.16. The molecule has 8 nitrogen and oxygen atoms in total. The second-order valence-corrected chi connectivity index (χ2v) is 10.4. The van der Waals surface area contributed by atoms with E-state index in [2.05, 4.69) is 15.9 Å². The topological polar surface area (TPSA) is 85.9 Å². The first-order valence-corrected chi connectivity index (χ1v) is 13.4.